The van der Waals surface area contributed by atoms with Gasteiger partial charge in [-0.3, -0.25) is 4.79 Å². The predicted molar refractivity (Wildman–Crippen MR) is 101 cm³/mol. The van der Waals surface area contributed by atoms with Crippen LogP contribution in [0.1, 0.15) is 31.3 Å². The van der Waals surface area contributed by atoms with Crippen molar-refractivity contribution in [3.8, 4) is 11.3 Å². The van der Waals surface area contributed by atoms with E-state index in [0.29, 0.717) is 13.0 Å². The lowest BCUT2D eigenvalue weighted by Gasteiger charge is -2.35. The van der Waals surface area contributed by atoms with E-state index in [1.807, 2.05) is 49.6 Å². The van der Waals surface area contributed by atoms with E-state index in [4.69, 9.17) is 0 Å². The second kappa shape index (κ2) is 7.86. The molecule has 0 aliphatic carbocycles. The summed E-state index contributed by atoms with van der Waals surface area (Å²) in [6.07, 6.45) is 0.613. The van der Waals surface area contributed by atoms with E-state index in [9.17, 15) is 14.7 Å². The van der Waals surface area contributed by atoms with Gasteiger partial charge in [-0.25, -0.2) is 9.78 Å². The van der Waals surface area contributed by atoms with Crippen LogP contribution in [-0.4, -0.2) is 40.1 Å². The predicted octanol–water partition coefficient (Wildman–Crippen LogP) is 3.62. The van der Waals surface area contributed by atoms with Gasteiger partial charge in [0.05, 0.1) is 17.7 Å². The van der Waals surface area contributed by atoms with E-state index in [0.717, 1.165) is 16.3 Å². The van der Waals surface area contributed by atoms with E-state index in [2.05, 4.69) is 10.3 Å². The molecule has 1 fully saturated rings. The molecule has 2 heterocycles. The number of aromatic nitrogens is 1. The lowest BCUT2D eigenvalue weighted by molar-refractivity contribution is -0.143. The molecule has 26 heavy (non-hydrogen) atoms. The van der Waals surface area contributed by atoms with E-state index < -0.39 is 11.9 Å². The first-order valence-corrected chi connectivity index (χ1v) is 9.61. The number of rotatable bonds is 4. The lowest BCUT2D eigenvalue weighted by atomic mass is 9.91. The summed E-state index contributed by atoms with van der Waals surface area (Å²) in [6.45, 7) is 4.71. The van der Waals surface area contributed by atoms with Gasteiger partial charge in [0.25, 0.3) is 0 Å². The Labute approximate surface area is 156 Å². The third-order valence-corrected chi connectivity index (χ3v) is 5.63. The van der Waals surface area contributed by atoms with Gasteiger partial charge in [-0.05, 0) is 19.3 Å². The molecule has 1 aliphatic rings. The van der Waals surface area contributed by atoms with Crippen molar-refractivity contribution >= 4 is 23.3 Å². The molecule has 3 atom stereocenters. The van der Waals surface area contributed by atoms with Crippen molar-refractivity contribution in [3.63, 3.8) is 0 Å². The van der Waals surface area contributed by atoms with Crippen LogP contribution in [-0.2, 0) is 4.79 Å². The average molecular weight is 373 g/mol. The first-order valence-electron chi connectivity index (χ1n) is 8.73. The van der Waals surface area contributed by atoms with Crippen molar-refractivity contribution in [2.75, 3.05) is 13.1 Å². The summed E-state index contributed by atoms with van der Waals surface area (Å²) < 4.78 is 0. The van der Waals surface area contributed by atoms with E-state index in [1.54, 1.807) is 4.90 Å². The summed E-state index contributed by atoms with van der Waals surface area (Å²) in [5.74, 6) is -1.16. The number of benzene rings is 1. The molecule has 1 aromatic heterocycles. The largest absolute Gasteiger partial charge is 0.481 e. The molecule has 2 aromatic rings. The minimum Gasteiger partial charge on any atom is -0.481 e. The van der Waals surface area contributed by atoms with Gasteiger partial charge >= 0.3 is 12.0 Å². The highest BCUT2D eigenvalue weighted by Crippen LogP contribution is 2.26. The maximum absolute atomic E-state index is 12.6. The molecular weight excluding hydrogens is 350 g/mol. The molecule has 2 N–H and O–H groups in total. The van der Waals surface area contributed by atoms with Crippen LogP contribution in [0.2, 0.25) is 0 Å². The number of thiazole rings is 1. The SMILES string of the molecule is CC1CC(C(=O)O)CN(C(=O)NC(C)c2nc(-c3ccccc3)cs2)C1. The summed E-state index contributed by atoms with van der Waals surface area (Å²) in [5, 5.41) is 15.0. The highest BCUT2D eigenvalue weighted by atomic mass is 32.1. The van der Waals surface area contributed by atoms with Crippen molar-refractivity contribution in [2.24, 2.45) is 11.8 Å². The zero-order chi connectivity index (χ0) is 18.7. The lowest BCUT2D eigenvalue weighted by Crippen LogP contribution is -2.49. The Hall–Kier alpha value is -2.41. The Morgan fingerprint density at radius 3 is 2.73 bits per heavy atom. The second-order valence-corrected chi connectivity index (χ2v) is 7.78. The Morgan fingerprint density at radius 1 is 1.31 bits per heavy atom. The molecule has 138 valence electrons. The van der Waals surface area contributed by atoms with Crippen molar-refractivity contribution in [1.82, 2.24) is 15.2 Å². The van der Waals surface area contributed by atoms with Gasteiger partial charge in [-0.15, -0.1) is 11.3 Å². The monoisotopic (exact) mass is 373 g/mol. The molecule has 0 saturated carbocycles. The van der Waals surface area contributed by atoms with E-state index in [-0.39, 0.29) is 24.5 Å². The van der Waals surface area contributed by atoms with Crippen molar-refractivity contribution in [1.29, 1.82) is 0 Å². The molecule has 2 amide bonds. The number of hydrogen-bond acceptors (Lipinski definition) is 4. The molecule has 3 rings (SSSR count). The molecule has 1 aliphatic heterocycles. The van der Waals surface area contributed by atoms with Gasteiger partial charge in [0, 0.05) is 24.0 Å². The molecule has 1 aromatic carbocycles. The molecule has 3 unspecified atom stereocenters. The molecular formula is C19H23N3O3S. The average Bonchev–Trinajstić information content (AvgIpc) is 3.12. The van der Waals surface area contributed by atoms with Gasteiger partial charge in [0.15, 0.2) is 0 Å². The Bertz CT molecular complexity index is 777. The van der Waals surface area contributed by atoms with Gasteiger partial charge < -0.3 is 15.3 Å². The van der Waals surface area contributed by atoms with Crippen LogP contribution in [0.3, 0.4) is 0 Å². The van der Waals surface area contributed by atoms with Gasteiger partial charge in [-0.2, -0.15) is 0 Å². The minimum absolute atomic E-state index is 0.176. The maximum Gasteiger partial charge on any atom is 0.317 e. The highest BCUT2D eigenvalue weighted by Gasteiger charge is 2.32. The fourth-order valence-electron chi connectivity index (χ4n) is 3.26. The van der Waals surface area contributed by atoms with Gasteiger partial charge in [-0.1, -0.05) is 37.3 Å². The van der Waals surface area contributed by atoms with Crippen LogP contribution in [0.25, 0.3) is 11.3 Å². The van der Waals surface area contributed by atoms with Crippen molar-refractivity contribution < 1.29 is 14.7 Å². The number of aliphatic carboxylic acids is 1. The number of urea groups is 1. The van der Waals surface area contributed by atoms with Crippen LogP contribution in [0, 0.1) is 11.8 Å². The van der Waals surface area contributed by atoms with Crippen LogP contribution in [0.5, 0.6) is 0 Å². The zero-order valence-electron chi connectivity index (χ0n) is 14.9. The summed E-state index contributed by atoms with van der Waals surface area (Å²) in [4.78, 5) is 30.1. The number of hydrogen-bond donors (Lipinski definition) is 2. The topological polar surface area (TPSA) is 82.5 Å². The van der Waals surface area contributed by atoms with Crippen LogP contribution in [0.4, 0.5) is 4.79 Å². The van der Waals surface area contributed by atoms with Gasteiger partial charge in [0.1, 0.15) is 5.01 Å². The molecule has 1 saturated heterocycles. The number of likely N-dealkylation sites (tertiary alicyclic amines) is 1. The third kappa shape index (κ3) is 4.22. The summed E-state index contributed by atoms with van der Waals surface area (Å²) >= 11 is 1.51. The fourth-order valence-corrected chi connectivity index (χ4v) is 4.10. The number of carbonyl (C=O) groups excluding carboxylic acids is 1. The second-order valence-electron chi connectivity index (χ2n) is 6.89. The summed E-state index contributed by atoms with van der Waals surface area (Å²) in [5.41, 5.74) is 1.94. The standard InChI is InChI=1S/C19H23N3O3S/c1-12-8-15(18(23)24)10-22(9-12)19(25)20-13(2)17-21-16(11-26-17)14-6-4-3-5-7-14/h3-7,11-13,15H,8-10H2,1-2H3,(H,20,25)(H,23,24). The quantitative estimate of drug-likeness (QED) is 0.857. The third-order valence-electron chi connectivity index (χ3n) is 4.60. The highest BCUT2D eigenvalue weighted by molar-refractivity contribution is 7.10. The normalized spacial score (nSPS) is 21.2. The number of carboxylic acid groups (broad SMARTS) is 1. The van der Waals surface area contributed by atoms with Crippen LogP contribution < -0.4 is 5.32 Å². The van der Waals surface area contributed by atoms with Gasteiger partial charge in [0.2, 0.25) is 0 Å². The smallest absolute Gasteiger partial charge is 0.317 e. The fraction of sp³-hybridized carbons (Fsp3) is 0.421. The Balaban J connectivity index is 1.64. The molecule has 0 radical (unpaired) electrons. The van der Waals surface area contributed by atoms with E-state index in [1.165, 1.54) is 11.3 Å². The number of piperidine rings is 1. The first kappa shape index (κ1) is 18.4. The maximum atomic E-state index is 12.6. The van der Waals surface area contributed by atoms with Crippen LogP contribution in [0.15, 0.2) is 35.7 Å². The minimum atomic E-state index is -0.838. The van der Waals surface area contributed by atoms with Crippen molar-refractivity contribution in [2.45, 2.75) is 26.3 Å². The number of carboxylic acids is 1. The number of carbonyl (C=O) groups is 2. The van der Waals surface area contributed by atoms with Crippen LogP contribution >= 0.6 is 11.3 Å². The number of nitrogens with one attached hydrogen (secondary N) is 1. The summed E-state index contributed by atoms with van der Waals surface area (Å²) in [7, 11) is 0. The molecule has 0 bridgehead atoms. The Morgan fingerprint density at radius 2 is 2.04 bits per heavy atom. The first-order chi connectivity index (χ1) is 12.4. The molecule has 7 heteroatoms. The molecule has 0 spiro atoms. The summed E-state index contributed by atoms with van der Waals surface area (Å²) in [6, 6.07) is 9.44. The number of amides is 2. The van der Waals surface area contributed by atoms with Crippen molar-refractivity contribution in [3.05, 3.63) is 40.7 Å². The zero-order valence-corrected chi connectivity index (χ0v) is 15.7. The number of nitrogens with zero attached hydrogens (tertiary/aromatic N) is 2. The van der Waals surface area contributed by atoms with E-state index >= 15 is 0 Å². The Kier molecular flexibility index (Phi) is 5.56. The molecule has 6 nitrogen and oxygen atoms in total.